The largest absolute Gasteiger partial charge is 0.310 e. The molecule has 0 amide bonds. The number of fused-ring (bicyclic) bond motifs is 1. The van der Waals surface area contributed by atoms with Crippen LogP contribution in [0.2, 0.25) is 0 Å². The van der Waals surface area contributed by atoms with Gasteiger partial charge in [-0.1, -0.05) is 0 Å². The molecule has 1 atom stereocenters. The average molecular weight is 224 g/mol. The molecule has 1 aromatic rings. The molecule has 2 aliphatic rings. The standard InChI is InChI=1S/C10H16N4S/c1-8-2-5-15-14(8)10-7-12-13-4-3-11-6-9(10)13/h7-8,11H,2-6H2,1H3. The van der Waals surface area contributed by atoms with Crippen LogP contribution < -0.4 is 9.62 Å². The van der Waals surface area contributed by atoms with Gasteiger partial charge < -0.3 is 9.62 Å². The third-order valence-electron chi connectivity index (χ3n) is 3.12. The van der Waals surface area contributed by atoms with Gasteiger partial charge in [0.15, 0.2) is 0 Å². The van der Waals surface area contributed by atoms with Gasteiger partial charge in [-0.25, -0.2) is 0 Å². The summed E-state index contributed by atoms with van der Waals surface area (Å²) in [4.78, 5) is 0. The second-order valence-corrected chi connectivity index (χ2v) is 5.23. The minimum Gasteiger partial charge on any atom is -0.310 e. The van der Waals surface area contributed by atoms with E-state index in [0.29, 0.717) is 6.04 Å². The van der Waals surface area contributed by atoms with Crippen molar-refractivity contribution in [3.8, 4) is 0 Å². The second kappa shape index (κ2) is 3.72. The van der Waals surface area contributed by atoms with Crippen molar-refractivity contribution in [1.29, 1.82) is 0 Å². The highest BCUT2D eigenvalue weighted by atomic mass is 32.2. The molecule has 3 heterocycles. The van der Waals surface area contributed by atoms with Crippen molar-refractivity contribution >= 4 is 17.6 Å². The maximum atomic E-state index is 4.46. The Morgan fingerprint density at radius 2 is 2.53 bits per heavy atom. The number of rotatable bonds is 1. The molecular formula is C10H16N4S. The number of anilines is 1. The number of nitrogens with one attached hydrogen (secondary N) is 1. The van der Waals surface area contributed by atoms with Crippen molar-refractivity contribution in [1.82, 2.24) is 15.1 Å². The fourth-order valence-electron chi connectivity index (χ4n) is 2.22. The summed E-state index contributed by atoms with van der Waals surface area (Å²) in [5.74, 6) is 1.24. The van der Waals surface area contributed by atoms with Gasteiger partial charge in [0.1, 0.15) is 0 Å². The fourth-order valence-corrected chi connectivity index (χ4v) is 3.52. The Morgan fingerprint density at radius 1 is 1.60 bits per heavy atom. The number of hydrogen-bond donors (Lipinski definition) is 1. The van der Waals surface area contributed by atoms with Gasteiger partial charge >= 0.3 is 0 Å². The highest BCUT2D eigenvalue weighted by molar-refractivity contribution is 8.00. The predicted octanol–water partition coefficient (Wildman–Crippen LogP) is 1.23. The van der Waals surface area contributed by atoms with Crippen LogP contribution >= 0.6 is 11.9 Å². The van der Waals surface area contributed by atoms with Gasteiger partial charge in [0.05, 0.1) is 24.1 Å². The summed E-state index contributed by atoms with van der Waals surface area (Å²) < 4.78 is 4.56. The Kier molecular flexibility index (Phi) is 2.36. The topological polar surface area (TPSA) is 33.1 Å². The van der Waals surface area contributed by atoms with Gasteiger partial charge in [0, 0.05) is 24.9 Å². The smallest absolute Gasteiger partial charge is 0.0900 e. The predicted molar refractivity (Wildman–Crippen MR) is 62.9 cm³/mol. The van der Waals surface area contributed by atoms with Gasteiger partial charge in [-0.3, -0.25) is 4.68 Å². The molecule has 0 aliphatic carbocycles. The molecule has 2 aliphatic heterocycles. The van der Waals surface area contributed by atoms with Crippen LogP contribution in [0.15, 0.2) is 6.20 Å². The van der Waals surface area contributed by atoms with E-state index >= 15 is 0 Å². The van der Waals surface area contributed by atoms with E-state index in [0.717, 1.165) is 19.6 Å². The summed E-state index contributed by atoms with van der Waals surface area (Å²) in [6.07, 6.45) is 3.31. The van der Waals surface area contributed by atoms with Crippen LogP contribution in [0.25, 0.3) is 0 Å². The first-order chi connectivity index (χ1) is 7.36. The fraction of sp³-hybridized carbons (Fsp3) is 0.700. The molecule has 0 spiro atoms. The minimum atomic E-state index is 0.644. The molecule has 4 nitrogen and oxygen atoms in total. The van der Waals surface area contributed by atoms with Gasteiger partial charge in [-0.2, -0.15) is 5.10 Å². The Bertz CT molecular complexity index is 362. The van der Waals surface area contributed by atoms with E-state index in [4.69, 9.17) is 0 Å². The van der Waals surface area contributed by atoms with Crippen LogP contribution in [0.3, 0.4) is 0 Å². The Balaban J connectivity index is 1.94. The van der Waals surface area contributed by atoms with Crippen LogP contribution in [-0.2, 0) is 13.1 Å². The molecule has 1 N–H and O–H groups in total. The van der Waals surface area contributed by atoms with Gasteiger partial charge in [0.25, 0.3) is 0 Å². The van der Waals surface area contributed by atoms with Crippen molar-refractivity contribution < 1.29 is 0 Å². The maximum Gasteiger partial charge on any atom is 0.0900 e. The monoisotopic (exact) mass is 224 g/mol. The molecule has 3 rings (SSSR count). The first-order valence-corrected chi connectivity index (χ1v) is 6.48. The quantitative estimate of drug-likeness (QED) is 0.727. The highest BCUT2D eigenvalue weighted by Crippen LogP contribution is 2.35. The van der Waals surface area contributed by atoms with Crippen molar-refractivity contribution in [3.63, 3.8) is 0 Å². The molecular weight excluding hydrogens is 208 g/mol. The Hall–Kier alpha value is -0.680. The van der Waals surface area contributed by atoms with E-state index in [1.165, 1.54) is 23.6 Å². The van der Waals surface area contributed by atoms with Crippen molar-refractivity contribution in [2.24, 2.45) is 0 Å². The van der Waals surface area contributed by atoms with Gasteiger partial charge in [-0.15, -0.1) is 0 Å². The van der Waals surface area contributed by atoms with Gasteiger partial charge in [-0.05, 0) is 25.3 Å². The van der Waals surface area contributed by atoms with E-state index in [1.807, 2.05) is 18.1 Å². The van der Waals surface area contributed by atoms with Gasteiger partial charge in [0.2, 0.25) is 0 Å². The third-order valence-corrected chi connectivity index (χ3v) is 4.38. The summed E-state index contributed by atoms with van der Waals surface area (Å²) >= 11 is 1.93. The van der Waals surface area contributed by atoms with E-state index in [1.54, 1.807) is 0 Å². The first kappa shape index (κ1) is 9.54. The van der Waals surface area contributed by atoms with E-state index in [2.05, 4.69) is 26.3 Å². The van der Waals surface area contributed by atoms with Crippen molar-refractivity contribution in [3.05, 3.63) is 11.9 Å². The van der Waals surface area contributed by atoms with Crippen LogP contribution in [0.1, 0.15) is 19.0 Å². The summed E-state index contributed by atoms with van der Waals surface area (Å²) in [5.41, 5.74) is 2.67. The van der Waals surface area contributed by atoms with Crippen molar-refractivity contribution in [2.75, 3.05) is 16.6 Å². The average Bonchev–Trinajstić information content (AvgIpc) is 2.83. The Morgan fingerprint density at radius 3 is 3.33 bits per heavy atom. The molecule has 0 saturated carbocycles. The lowest BCUT2D eigenvalue weighted by atomic mass is 10.2. The lowest BCUT2D eigenvalue weighted by molar-refractivity contribution is 0.475. The molecule has 1 unspecified atom stereocenters. The molecule has 0 bridgehead atoms. The SMILES string of the molecule is CC1CCSN1c1cnn2c1CNCC2. The summed E-state index contributed by atoms with van der Waals surface area (Å²) in [5, 5.41) is 7.87. The van der Waals surface area contributed by atoms with E-state index in [9.17, 15) is 0 Å². The minimum absolute atomic E-state index is 0.644. The highest BCUT2D eigenvalue weighted by Gasteiger charge is 2.26. The molecule has 5 heteroatoms. The summed E-state index contributed by atoms with van der Waals surface area (Å²) in [7, 11) is 0. The number of hydrogen-bond acceptors (Lipinski definition) is 4. The second-order valence-electron chi connectivity index (χ2n) is 4.17. The summed E-state index contributed by atoms with van der Waals surface area (Å²) in [6.45, 7) is 5.29. The van der Waals surface area contributed by atoms with E-state index in [-0.39, 0.29) is 0 Å². The lowest BCUT2D eigenvalue weighted by Gasteiger charge is -2.24. The first-order valence-electron chi connectivity index (χ1n) is 5.54. The number of aromatic nitrogens is 2. The molecule has 82 valence electrons. The number of nitrogens with zero attached hydrogens (tertiary/aromatic N) is 3. The normalized spacial score (nSPS) is 25.7. The Labute approximate surface area is 94.1 Å². The lowest BCUT2D eigenvalue weighted by Crippen LogP contribution is -2.30. The van der Waals surface area contributed by atoms with Crippen LogP contribution in [0, 0.1) is 0 Å². The van der Waals surface area contributed by atoms with E-state index < -0.39 is 0 Å². The molecule has 15 heavy (non-hydrogen) atoms. The molecule has 1 fully saturated rings. The zero-order valence-corrected chi connectivity index (χ0v) is 9.76. The zero-order valence-electron chi connectivity index (χ0n) is 8.94. The molecule has 1 saturated heterocycles. The van der Waals surface area contributed by atoms with Crippen LogP contribution in [-0.4, -0.2) is 28.1 Å². The van der Waals surface area contributed by atoms with Crippen LogP contribution in [0.5, 0.6) is 0 Å². The third kappa shape index (κ3) is 1.54. The van der Waals surface area contributed by atoms with Crippen LogP contribution in [0.4, 0.5) is 5.69 Å². The molecule has 1 aromatic heterocycles. The zero-order chi connectivity index (χ0) is 10.3. The van der Waals surface area contributed by atoms with Crippen molar-refractivity contribution in [2.45, 2.75) is 32.5 Å². The molecule has 0 radical (unpaired) electrons. The maximum absolute atomic E-state index is 4.46. The summed E-state index contributed by atoms with van der Waals surface area (Å²) in [6, 6.07) is 0.644. The molecule has 0 aromatic carbocycles.